The van der Waals surface area contributed by atoms with Crippen LogP contribution in [0.15, 0.2) is 72.8 Å². The Morgan fingerprint density at radius 3 is 1.88 bits per heavy atom. The Morgan fingerprint density at radius 1 is 0.810 bits per heavy atom. The molecule has 42 heavy (non-hydrogen) atoms. The molecule has 0 aromatic heterocycles. The van der Waals surface area contributed by atoms with Gasteiger partial charge in [0, 0.05) is 17.9 Å². The van der Waals surface area contributed by atoms with E-state index in [0.717, 1.165) is 51.3 Å². The summed E-state index contributed by atoms with van der Waals surface area (Å²) in [5.74, 6) is 1.03. The highest BCUT2D eigenvalue weighted by Gasteiger charge is 2.38. The normalized spacial score (nSPS) is 15.3. The second-order valence-corrected chi connectivity index (χ2v) is 17.8. The summed E-state index contributed by atoms with van der Waals surface area (Å²) in [5, 5.41) is 11.3. The average Bonchev–Trinajstić information content (AvgIpc) is 3.00. The molecule has 3 aromatic carbocycles. The molecule has 1 atom stereocenters. The van der Waals surface area contributed by atoms with Crippen LogP contribution in [0.2, 0.25) is 19.1 Å². The van der Waals surface area contributed by atoms with E-state index < -0.39 is 8.07 Å². The molecule has 1 unspecified atom stereocenters. The maximum absolute atomic E-state index is 9.79. The van der Waals surface area contributed by atoms with Crippen LogP contribution in [0.4, 0.5) is 0 Å². The summed E-state index contributed by atoms with van der Waals surface area (Å²) in [6.45, 7) is 13.2. The zero-order chi connectivity index (χ0) is 29.8. The van der Waals surface area contributed by atoms with E-state index in [9.17, 15) is 5.11 Å². The van der Waals surface area contributed by atoms with Crippen LogP contribution in [0, 0.1) is 11.3 Å². The largest absolute Gasteiger partial charge is 0.494 e. The standard InChI is InChI=1S/C37H52O4Si/c1-5-7-24-42(3,4)36-20-16-34(17-21-36)32-12-10-31(11-13-32)33-14-18-35(19-15-33)41-23-8-9-30(25-38)26-39-27-37(22-6-2)28-40-29-37/h10-21,30,38H,5-9,22-29H2,1-4H3. The summed E-state index contributed by atoms with van der Waals surface area (Å²) in [6, 6.07) is 27.9. The van der Waals surface area contributed by atoms with Gasteiger partial charge in [-0.15, -0.1) is 0 Å². The molecule has 3 aromatic rings. The Hall–Kier alpha value is -2.44. The smallest absolute Gasteiger partial charge is 0.119 e. The minimum Gasteiger partial charge on any atom is -0.494 e. The molecule has 1 saturated heterocycles. The monoisotopic (exact) mass is 588 g/mol. The zero-order valence-corrected chi connectivity index (χ0v) is 27.4. The number of hydrogen-bond acceptors (Lipinski definition) is 4. The molecule has 4 nitrogen and oxygen atoms in total. The van der Waals surface area contributed by atoms with Gasteiger partial charge < -0.3 is 19.3 Å². The molecular formula is C37H52O4Si. The molecular weight excluding hydrogens is 536 g/mol. The quantitative estimate of drug-likeness (QED) is 0.120. The molecule has 0 bridgehead atoms. The second kappa shape index (κ2) is 15.9. The molecule has 228 valence electrons. The molecule has 0 saturated carbocycles. The molecule has 1 N–H and O–H groups in total. The number of ether oxygens (including phenoxy) is 3. The van der Waals surface area contributed by atoms with E-state index in [1.165, 1.54) is 41.1 Å². The summed E-state index contributed by atoms with van der Waals surface area (Å²) >= 11 is 0. The maximum atomic E-state index is 9.79. The highest BCUT2D eigenvalue weighted by Crippen LogP contribution is 2.33. The highest BCUT2D eigenvalue weighted by molar-refractivity contribution is 6.89. The Labute approximate surface area is 255 Å². The first-order valence-electron chi connectivity index (χ1n) is 16.1. The fraction of sp³-hybridized carbons (Fsp3) is 0.514. The Kier molecular flexibility index (Phi) is 12.3. The van der Waals surface area contributed by atoms with Crippen molar-refractivity contribution in [2.75, 3.05) is 39.6 Å². The lowest BCUT2D eigenvalue weighted by Crippen LogP contribution is -2.46. The van der Waals surface area contributed by atoms with Gasteiger partial charge in [-0.05, 0) is 53.6 Å². The molecule has 0 spiro atoms. The van der Waals surface area contributed by atoms with Gasteiger partial charge in [0.05, 0.1) is 41.1 Å². The fourth-order valence-corrected chi connectivity index (χ4v) is 8.52. The summed E-state index contributed by atoms with van der Waals surface area (Å²) in [7, 11) is -1.34. The van der Waals surface area contributed by atoms with E-state index >= 15 is 0 Å². The van der Waals surface area contributed by atoms with Crippen LogP contribution >= 0.6 is 0 Å². The van der Waals surface area contributed by atoms with Gasteiger partial charge >= 0.3 is 0 Å². The predicted molar refractivity (Wildman–Crippen MR) is 178 cm³/mol. The van der Waals surface area contributed by atoms with Gasteiger partial charge in [0.15, 0.2) is 0 Å². The Bertz CT molecular complexity index is 1180. The van der Waals surface area contributed by atoms with E-state index in [1.807, 2.05) is 12.1 Å². The predicted octanol–water partition coefficient (Wildman–Crippen LogP) is 8.34. The molecule has 1 heterocycles. The van der Waals surface area contributed by atoms with Crippen LogP contribution in [0.25, 0.3) is 22.3 Å². The van der Waals surface area contributed by atoms with Gasteiger partial charge in [0.1, 0.15) is 5.75 Å². The number of hydrogen-bond donors (Lipinski definition) is 1. The van der Waals surface area contributed by atoms with Crippen LogP contribution in [0.3, 0.4) is 0 Å². The minimum absolute atomic E-state index is 0.148. The van der Waals surface area contributed by atoms with Crippen molar-refractivity contribution in [3.63, 3.8) is 0 Å². The number of benzene rings is 3. The topological polar surface area (TPSA) is 47.9 Å². The van der Waals surface area contributed by atoms with Gasteiger partial charge in [-0.3, -0.25) is 0 Å². The van der Waals surface area contributed by atoms with E-state index in [0.29, 0.717) is 13.2 Å². The van der Waals surface area contributed by atoms with Crippen molar-refractivity contribution in [1.82, 2.24) is 0 Å². The minimum atomic E-state index is -1.34. The summed E-state index contributed by atoms with van der Waals surface area (Å²) in [6.07, 6.45) is 6.67. The summed E-state index contributed by atoms with van der Waals surface area (Å²) in [5.41, 5.74) is 5.11. The molecule has 4 rings (SSSR count). The molecule has 1 aliphatic rings. The number of unbranched alkanes of at least 4 members (excludes halogenated alkanes) is 1. The van der Waals surface area contributed by atoms with Crippen LogP contribution in [0.5, 0.6) is 5.75 Å². The van der Waals surface area contributed by atoms with Crippen LogP contribution in [-0.4, -0.2) is 52.8 Å². The number of rotatable bonds is 18. The van der Waals surface area contributed by atoms with Crippen LogP contribution in [0.1, 0.15) is 52.4 Å². The first-order chi connectivity index (χ1) is 20.4. The molecule has 0 radical (unpaired) electrons. The van der Waals surface area contributed by atoms with Crippen LogP contribution < -0.4 is 9.92 Å². The lowest BCUT2D eigenvalue weighted by molar-refractivity contribution is -0.156. The van der Waals surface area contributed by atoms with Crippen molar-refractivity contribution in [1.29, 1.82) is 0 Å². The van der Waals surface area contributed by atoms with Gasteiger partial charge in [0.2, 0.25) is 0 Å². The van der Waals surface area contributed by atoms with E-state index in [2.05, 4.69) is 87.6 Å². The van der Waals surface area contributed by atoms with Gasteiger partial charge in [-0.2, -0.15) is 0 Å². The van der Waals surface area contributed by atoms with Gasteiger partial charge in [0.25, 0.3) is 0 Å². The third-order valence-corrected chi connectivity index (χ3v) is 12.4. The molecule has 5 heteroatoms. The lowest BCUT2D eigenvalue weighted by atomic mass is 9.82. The number of aliphatic hydroxyl groups is 1. The van der Waals surface area contributed by atoms with Crippen molar-refractivity contribution in [2.45, 2.75) is 71.5 Å². The van der Waals surface area contributed by atoms with Crippen molar-refractivity contribution >= 4 is 13.3 Å². The third kappa shape index (κ3) is 9.03. The van der Waals surface area contributed by atoms with Crippen molar-refractivity contribution < 1.29 is 19.3 Å². The highest BCUT2D eigenvalue weighted by atomic mass is 28.3. The average molecular weight is 589 g/mol. The van der Waals surface area contributed by atoms with Gasteiger partial charge in [-0.1, -0.05) is 118 Å². The van der Waals surface area contributed by atoms with E-state index in [1.54, 1.807) is 5.19 Å². The van der Waals surface area contributed by atoms with Gasteiger partial charge in [-0.25, -0.2) is 0 Å². The molecule has 1 fully saturated rings. The summed E-state index contributed by atoms with van der Waals surface area (Å²) in [4.78, 5) is 0. The lowest BCUT2D eigenvalue weighted by Gasteiger charge is -2.41. The second-order valence-electron chi connectivity index (χ2n) is 13.0. The third-order valence-electron chi connectivity index (χ3n) is 8.87. The molecule has 0 amide bonds. The van der Waals surface area contributed by atoms with E-state index in [-0.39, 0.29) is 17.9 Å². The van der Waals surface area contributed by atoms with Crippen molar-refractivity contribution in [2.24, 2.45) is 11.3 Å². The fourth-order valence-electron chi connectivity index (χ4n) is 5.93. The molecule has 0 aliphatic carbocycles. The first kappa shape index (κ1) is 32.5. The zero-order valence-electron chi connectivity index (χ0n) is 26.4. The Morgan fingerprint density at radius 2 is 1.38 bits per heavy atom. The SMILES string of the molecule is CCCC[Si](C)(C)c1ccc(-c2ccc(-c3ccc(OCCCC(CO)COCC4(CCC)COC4)cc3)cc2)cc1. The van der Waals surface area contributed by atoms with E-state index in [4.69, 9.17) is 14.2 Å². The van der Waals surface area contributed by atoms with Crippen molar-refractivity contribution in [3.8, 4) is 28.0 Å². The van der Waals surface area contributed by atoms with Crippen molar-refractivity contribution in [3.05, 3.63) is 72.8 Å². The maximum Gasteiger partial charge on any atom is 0.119 e. The number of aliphatic hydroxyl groups excluding tert-OH is 1. The first-order valence-corrected chi connectivity index (χ1v) is 19.3. The molecule has 1 aliphatic heterocycles. The summed E-state index contributed by atoms with van der Waals surface area (Å²) < 4.78 is 17.4. The Balaban J connectivity index is 1.21. The van der Waals surface area contributed by atoms with Crippen LogP contribution in [-0.2, 0) is 9.47 Å².